The first-order chi connectivity index (χ1) is 12.5. The standard InChI is InChI=1S/C17H20BrN3O4S/c1-24-15-6-2-3-7-16(15)26(22,23)21-8-4-5-13(11-21)12-25-17-19-9-14(18)10-20-17/h2-3,6-7,9-10,13H,4-5,8,11-12H2,1H3. The van der Waals surface area contributed by atoms with Crippen LogP contribution in [0.15, 0.2) is 46.0 Å². The van der Waals surface area contributed by atoms with Crippen molar-refractivity contribution in [3.05, 3.63) is 41.1 Å². The maximum Gasteiger partial charge on any atom is 0.316 e. The lowest BCUT2D eigenvalue weighted by molar-refractivity contribution is 0.171. The Kier molecular flexibility index (Phi) is 6.10. The first-order valence-corrected chi connectivity index (χ1v) is 10.5. The number of hydrogen-bond donors (Lipinski definition) is 0. The molecule has 7 nitrogen and oxygen atoms in total. The van der Waals surface area contributed by atoms with E-state index < -0.39 is 10.0 Å². The summed E-state index contributed by atoms with van der Waals surface area (Å²) in [6.45, 7) is 1.27. The van der Waals surface area contributed by atoms with Gasteiger partial charge >= 0.3 is 6.01 Å². The number of halogens is 1. The Bertz CT molecular complexity index is 845. The number of methoxy groups -OCH3 is 1. The molecule has 1 aliphatic rings. The molecule has 0 bridgehead atoms. The fourth-order valence-electron chi connectivity index (χ4n) is 2.92. The molecule has 0 radical (unpaired) electrons. The van der Waals surface area contributed by atoms with Crippen LogP contribution in [0.1, 0.15) is 12.8 Å². The highest BCUT2D eigenvalue weighted by atomic mass is 79.9. The zero-order chi connectivity index (χ0) is 18.6. The molecular weight excluding hydrogens is 422 g/mol. The smallest absolute Gasteiger partial charge is 0.316 e. The third-order valence-electron chi connectivity index (χ3n) is 4.21. The molecule has 26 heavy (non-hydrogen) atoms. The average molecular weight is 442 g/mol. The second kappa shape index (κ2) is 8.32. The molecule has 1 unspecified atom stereocenters. The summed E-state index contributed by atoms with van der Waals surface area (Å²) in [6, 6.07) is 6.97. The maximum atomic E-state index is 13.0. The Labute approximate surface area is 161 Å². The van der Waals surface area contributed by atoms with Crippen molar-refractivity contribution in [1.29, 1.82) is 0 Å². The minimum Gasteiger partial charge on any atom is -0.495 e. The fourth-order valence-corrected chi connectivity index (χ4v) is 4.84. The molecule has 2 heterocycles. The van der Waals surface area contributed by atoms with Crippen LogP contribution in [-0.2, 0) is 10.0 Å². The predicted octanol–water partition coefficient (Wildman–Crippen LogP) is 2.73. The molecule has 2 aromatic rings. The SMILES string of the molecule is COc1ccccc1S(=O)(=O)N1CCCC(COc2ncc(Br)cn2)C1. The second-order valence-corrected chi connectivity index (χ2v) is 8.84. The van der Waals surface area contributed by atoms with Crippen molar-refractivity contribution in [3.8, 4) is 11.8 Å². The summed E-state index contributed by atoms with van der Waals surface area (Å²) in [5.41, 5.74) is 0. The van der Waals surface area contributed by atoms with E-state index in [9.17, 15) is 8.42 Å². The van der Waals surface area contributed by atoms with E-state index in [0.29, 0.717) is 25.4 Å². The maximum absolute atomic E-state index is 13.0. The van der Waals surface area contributed by atoms with Gasteiger partial charge in [-0.05, 0) is 40.9 Å². The summed E-state index contributed by atoms with van der Waals surface area (Å²) in [4.78, 5) is 8.34. The Morgan fingerprint density at radius 1 is 1.27 bits per heavy atom. The van der Waals surface area contributed by atoms with Gasteiger partial charge in [0.05, 0.1) is 18.2 Å². The van der Waals surface area contributed by atoms with E-state index >= 15 is 0 Å². The second-order valence-electron chi connectivity index (χ2n) is 6.02. The molecular formula is C17H20BrN3O4S. The molecule has 0 amide bonds. The van der Waals surface area contributed by atoms with Crippen LogP contribution in [-0.4, -0.2) is 49.5 Å². The normalized spacial score (nSPS) is 18.5. The van der Waals surface area contributed by atoms with Crippen LogP contribution in [0.5, 0.6) is 11.8 Å². The lowest BCUT2D eigenvalue weighted by Gasteiger charge is -2.31. The van der Waals surface area contributed by atoms with Crippen molar-refractivity contribution in [2.24, 2.45) is 5.92 Å². The van der Waals surface area contributed by atoms with Gasteiger partial charge in [-0.1, -0.05) is 12.1 Å². The molecule has 3 rings (SSSR count). The summed E-state index contributed by atoms with van der Waals surface area (Å²) >= 11 is 3.27. The Hall–Kier alpha value is -1.71. The van der Waals surface area contributed by atoms with E-state index in [4.69, 9.17) is 9.47 Å². The highest BCUT2D eigenvalue weighted by Gasteiger charge is 2.32. The van der Waals surface area contributed by atoms with Gasteiger partial charge in [-0.25, -0.2) is 18.4 Å². The third kappa shape index (κ3) is 4.33. The number of para-hydroxylation sites is 1. The van der Waals surface area contributed by atoms with Crippen LogP contribution in [0.4, 0.5) is 0 Å². The number of aromatic nitrogens is 2. The fraction of sp³-hybridized carbons (Fsp3) is 0.412. The molecule has 140 valence electrons. The molecule has 9 heteroatoms. The lowest BCUT2D eigenvalue weighted by Crippen LogP contribution is -2.41. The van der Waals surface area contributed by atoms with Gasteiger partial charge < -0.3 is 9.47 Å². The molecule has 1 aromatic heterocycles. The van der Waals surface area contributed by atoms with E-state index in [1.54, 1.807) is 36.7 Å². The number of ether oxygens (including phenoxy) is 2. The highest BCUT2D eigenvalue weighted by Crippen LogP contribution is 2.29. The quantitative estimate of drug-likeness (QED) is 0.685. The van der Waals surface area contributed by atoms with Crippen molar-refractivity contribution in [3.63, 3.8) is 0 Å². The van der Waals surface area contributed by atoms with Gasteiger partial charge in [0.15, 0.2) is 0 Å². The molecule has 1 saturated heterocycles. The Morgan fingerprint density at radius 2 is 2.00 bits per heavy atom. The zero-order valence-electron chi connectivity index (χ0n) is 14.3. The van der Waals surface area contributed by atoms with Crippen molar-refractivity contribution in [2.75, 3.05) is 26.8 Å². The first-order valence-electron chi connectivity index (χ1n) is 8.24. The van der Waals surface area contributed by atoms with Crippen molar-refractivity contribution in [2.45, 2.75) is 17.7 Å². The number of rotatable bonds is 6. The first kappa shape index (κ1) is 19.1. The summed E-state index contributed by atoms with van der Waals surface area (Å²) in [5, 5.41) is 0. The molecule has 1 aliphatic heterocycles. The van der Waals surface area contributed by atoms with Crippen LogP contribution in [0.2, 0.25) is 0 Å². The minimum absolute atomic E-state index is 0.0838. The minimum atomic E-state index is -3.61. The average Bonchev–Trinajstić information content (AvgIpc) is 2.67. The topological polar surface area (TPSA) is 81.6 Å². The Balaban J connectivity index is 1.68. The van der Waals surface area contributed by atoms with E-state index in [2.05, 4.69) is 25.9 Å². The molecule has 0 aliphatic carbocycles. The van der Waals surface area contributed by atoms with Crippen molar-refractivity contribution < 1.29 is 17.9 Å². The van der Waals surface area contributed by atoms with Gasteiger partial charge in [-0.15, -0.1) is 0 Å². The number of benzene rings is 1. The largest absolute Gasteiger partial charge is 0.495 e. The van der Waals surface area contributed by atoms with Gasteiger partial charge in [0.1, 0.15) is 10.6 Å². The number of nitrogens with zero attached hydrogens (tertiary/aromatic N) is 3. The molecule has 1 aromatic carbocycles. The van der Waals surface area contributed by atoms with Crippen LogP contribution in [0.3, 0.4) is 0 Å². The van der Waals surface area contributed by atoms with Crippen molar-refractivity contribution >= 4 is 26.0 Å². The third-order valence-corrected chi connectivity index (χ3v) is 6.53. The number of sulfonamides is 1. The summed E-state index contributed by atoms with van der Waals surface area (Å²) in [6.07, 6.45) is 4.90. The summed E-state index contributed by atoms with van der Waals surface area (Å²) < 4.78 is 39.1. The van der Waals surface area contributed by atoms with Crippen LogP contribution >= 0.6 is 15.9 Å². The van der Waals surface area contributed by atoms with Gasteiger partial charge in [0.2, 0.25) is 10.0 Å². The van der Waals surface area contributed by atoms with E-state index in [-0.39, 0.29) is 16.8 Å². The lowest BCUT2D eigenvalue weighted by atomic mass is 10.0. The molecule has 0 spiro atoms. The van der Waals surface area contributed by atoms with Crippen LogP contribution in [0.25, 0.3) is 0 Å². The van der Waals surface area contributed by atoms with Crippen molar-refractivity contribution in [1.82, 2.24) is 14.3 Å². The van der Waals surface area contributed by atoms with Gasteiger partial charge in [0, 0.05) is 31.4 Å². The Morgan fingerprint density at radius 3 is 2.73 bits per heavy atom. The zero-order valence-corrected chi connectivity index (χ0v) is 16.7. The highest BCUT2D eigenvalue weighted by molar-refractivity contribution is 9.10. The molecule has 0 saturated carbocycles. The monoisotopic (exact) mass is 441 g/mol. The predicted molar refractivity (Wildman–Crippen MR) is 99.7 cm³/mol. The van der Waals surface area contributed by atoms with E-state index in [1.807, 2.05) is 0 Å². The van der Waals surface area contributed by atoms with Gasteiger partial charge in [-0.2, -0.15) is 4.31 Å². The number of hydrogen-bond acceptors (Lipinski definition) is 6. The van der Waals surface area contributed by atoms with Gasteiger partial charge in [0.25, 0.3) is 0 Å². The molecule has 1 fully saturated rings. The summed E-state index contributed by atoms with van der Waals surface area (Å²) in [5.74, 6) is 0.439. The number of piperidine rings is 1. The van der Waals surface area contributed by atoms with E-state index in [0.717, 1.165) is 17.3 Å². The van der Waals surface area contributed by atoms with E-state index in [1.165, 1.54) is 11.4 Å². The van der Waals surface area contributed by atoms with Crippen LogP contribution in [0, 0.1) is 5.92 Å². The van der Waals surface area contributed by atoms with Crippen LogP contribution < -0.4 is 9.47 Å². The van der Waals surface area contributed by atoms with Gasteiger partial charge in [-0.3, -0.25) is 0 Å². The molecule has 0 N–H and O–H groups in total. The molecule has 1 atom stereocenters. The summed E-state index contributed by atoms with van der Waals surface area (Å²) in [7, 11) is -2.14.